The predicted octanol–water partition coefficient (Wildman–Crippen LogP) is 12.9. The average molecular weight is 714 g/mol. The topological polar surface area (TPSA) is 48.5 Å². The van der Waals surface area contributed by atoms with Gasteiger partial charge in [0.2, 0.25) is 5.95 Å². The molecule has 0 spiro atoms. The normalized spacial score (nSPS) is 11.9. The molecular formula is C51H31N5. The molecule has 0 saturated heterocycles. The van der Waals surface area contributed by atoms with Crippen LogP contribution >= 0.6 is 0 Å². The minimum atomic E-state index is 0.642. The van der Waals surface area contributed by atoms with E-state index in [1.54, 1.807) is 0 Å². The first-order chi connectivity index (χ1) is 27.8. The highest BCUT2D eigenvalue weighted by molar-refractivity contribution is 6.36. The molecule has 0 atom stereocenters. The van der Waals surface area contributed by atoms with Crippen molar-refractivity contribution in [1.82, 2.24) is 24.1 Å². The molecule has 0 amide bonds. The van der Waals surface area contributed by atoms with E-state index < -0.39 is 0 Å². The fourth-order valence-electron chi connectivity index (χ4n) is 8.92. The van der Waals surface area contributed by atoms with E-state index in [-0.39, 0.29) is 0 Å². The first kappa shape index (κ1) is 30.8. The van der Waals surface area contributed by atoms with Crippen LogP contribution in [0.3, 0.4) is 0 Å². The maximum Gasteiger partial charge on any atom is 0.235 e. The fraction of sp³-hybridized carbons (Fsp3) is 0. The third-order valence-corrected chi connectivity index (χ3v) is 11.3. The van der Waals surface area contributed by atoms with Gasteiger partial charge in [-0.1, -0.05) is 158 Å². The molecule has 5 nitrogen and oxygen atoms in total. The van der Waals surface area contributed by atoms with E-state index in [1.165, 1.54) is 16.2 Å². The van der Waals surface area contributed by atoms with Crippen molar-refractivity contribution in [2.24, 2.45) is 0 Å². The summed E-state index contributed by atoms with van der Waals surface area (Å²) in [5.74, 6) is 1.55. The van der Waals surface area contributed by atoms with Crippen LogP contribution in [0.2, 0.25) is 0 Å². The summed E-state index contributed by atoms with van der Waals surface area (Å²) >= 11 is 0. The van der Waals surface area contributed by atoms with E-state index in [0.29, 0.717) is 5.95 Å². The van der Waals surface area contributed by atoms with Crippen molar-refractivity contribution in [1.29, 1.82) is 0 Å². The number of nitrogens with zero attached hydrogens (tertiary/aromatic N) is 5. The van der Waals surface area contributed by atoms with Gasteiger partial charge in [-0.25, -0.2) is 15.0 Å². The van der Waals surface area contributed by atoms with Gasteiger partial charge in [0.05, 0.1) is 33.3 Å². The number of benzene rings is 9. The van der Waals surface area contributed by atoms with Crippen LogP contribution < -0.4 is 0 Å². The first-order valence-corrected chi connectivity index (χ1v) is 19.0. The van der Waals surface area contributed by atoms with Crippen LogP contribution in [0, 0.1) is 0 Å². The molecule has 56 heavy (non-hydrogen) atoms. The van der Waals surface area contributed by atoms with Gasteiger partial charge in [-0.15, -0.1) is 0 Å². The van der Waals surface area contributed by atoms with E-state index in [4.69, 9.17) is 15.0 Å². The number of imidazole rings is 1. The molecule has 0 aliphatic carbocycles. The van der Waals surface area contributed by atoms with Crippen LogP contribution in [-0.4, -0.2) is 24.1 Å². The monoisotopic (exact) mass is 713 g/mol. The molecule has 0 N–H and O–H groups in total. The lowest BCUT2D eigenvalue weighted by Gasteiger charge is -2.15. The molecule has 9 aromatic carbocycles. The van der Waals surface area contributed by atoms with Crippen molar-refractivity contribution in [3.05, 3.63) is 188 Å². The Balaban J connectivity index is 1.28. The summed E-state index contributed by atoms with van der Waals surface area (Å²) in [7, 11) is 0. The second-order valence-electron chi connectivity index (χ2n) is 14.4. The summed E-state index contributed by atoms with van der Waals surface area (Å²) in [6, 6.07) is 66.4. The van der Waals surface area contributed by atoms with Gasteiger partial charge in [0.1, 0.15) is 5.82 Å². The van der Waals surface area contributed by atoms with E-state index in [0.717, 1.165) is 88.2 Å². The lowest BCUT2D eigenvalue weighted by Crippen LogP contribution is -2.04. The van der Waals surface area contributed by atoms with Gasteiger partial charge >= 0.3 is 0 Å². The summed E-state index contributed by atoms with van der Waals surface area (Å²) in [6.07, 6.45) is 0. The summed E-state index contributed by atoms with van der Waals surface area (Å²) in [5, 5.41) is 10.3. The third-order valence-electron chi connectivity index (χ3n) is 11.3. The number of rotatable bonds is 4. The van der Waals surface area contributed by atoms with E-state index in [9.17, 15) is 0 Å². The van der Waals surface area contributed by atoms with Gasteiger partial charge < -0.3 is 0 Å². The molecule has 12 aromatic rings. The molecule has 0 fully saturated rings. The minimum Gasteiger partial charge on any atom is -0.292 e. The quantitative estimate of drug-likeness (QED) is 0.171. The highest BCUT2D eigenvalue weighted by atomic mass is 15.2. The van der Waals surface area contributed by atoms with Gasteiger partial charge in [-0.3, -0.25) is 9.13 Å². The Bertz CT molecular complexity index is 3510. The van der Waals surface area contributed by atoms with Crippen LogP contribution in [0.15, 0.2) is 188 Å². The Morgan fingerprint density at radius 2 is 0.929 bits per heavy atom. The first-order valence-electron chi connectivity index (χ1n) is 19.0. The van der Waals surface area contributed by atoms with E-state index in [1.807, 2.05) is 6.07 Å². The van der Waals surface area contributed by atoms with Crippen molar-refractivity contribution >= 4 is 76.1 Å². The third kappa shape index (κ3) is 4.39. The maximum atomic E-state index is 5.56. The van der Waals surface area contributed by atoms with Crippen molar-refractivity contribution < 1.29 is 0 Å². The zero-order valence-electron chi connectivity index (χ0n) is 30.1. The number of fused-ring (bicyclic) bond motifs is 13. The predicted molar refractivity (Wildman–Crippen MR) is 232 cm³/mol. The number of para-hydroxylation sites is 3. The lowest BCUT2D eigenvalue weighted by molar-refractivity contribution is 1.02. The molecule has 3 heterocycles. The van der Waals surface area contributed by atoms with Crippen molar-refractivity contribution in [3.8, 4) is 34.3 Å². The number of aromatic nitrogens is 5. The van der Waals surface area contributed by atoms with Crippen LogP contribution in [-0.2, 0) is 0 Å². The molecule has 5 heteroatoms. The summed E-state index contributed by atoms with van der Waals surface area (Å²) in [4.78, 5) is 16.3. The Labute approximate surface area is 321 Å². The Hall–Kier alpha value is -7.63. The Morgan fingerprint density at radius 3 is 1.71 bits per heavy atom. The maximum absolute atomic E-state index is 5.56. The van der Waals surface area contributed by atoms with Crippen LogP contribution in [0.4, 0.5) is 0 Å². The molecule has 0 aliphatic heterocycles. The van der Waals surface area contributed by atoms with Crippen LogP contribution in [0.5, 0.6) is 0 Å². The second-order valence-corrected chi connectivity index (χ2v) is 14.4. The summed E-state index contributed by atoms with van der Waals surface area (Å²) in [5.41, 5.74) is 9.18. The summed E-state index contributed by atoms with van der Waals surface area (Å²) in [6.45, 7) is 0. The Kier molecular flexibility index (Phi) is 6.56. The molecule has 3 aromatic heterocycles. The zero-order valence-corrected chi connectivity index (χ0v) is 30.1. The Morgan fingerprint density at radius 1 is 0.339 bits per heavy atom. The number of hydrogen-bond acceptors (Lipinski definition) is 3. The standard InChI is InChI=1S/C51H31N5/c1-4-16-32(17-5-1)47-40-25-12-14-26-42(40)52-51(54-47)56-43-27-15-13-23-36(43)39-28-29-41-45-38(35-22-10-11-24-37(35)46(41)49(39)56)30-31-44-48(45)53-50(33-18-6-2-7-19-33)55(44)34-20-8-3-9-21-34/h1-31H. The fourth-order valence-corrected chi connectivity index (χ4v) is 8.92. The van der Waals surface area contributed by atoms with Crippen molar-refractivity contribution in [2.45, 2.75) is 0 Å². The molecule has 0 bridgehead atoms. The van der Waals surface area contributed by atoms with E-state index in [2.05, 4.69) is 191 Å². The van der Waals surface area contributed by atoms with Gasteiger partial charge in [0.25, 0.3) is 0 Å². The molecule has 12 rings (SSSR count). The highest BCUT2D eigenvalue weighted by Crippen LogP contribution is 2.45. The van der Waals surface area contributed by atoms with Gasteiger partial charge in [-0.05, 0) is 51.9 Å². The van der Waals surface area contributed by atoms with E-state index >= 15 is 0 Å². The van der Waals surface area contributed by atoms with Crippen molar-refractivity contribution in [2.75, 3.05) is 0 Å². The molecule has 0 unspecified atom stereocenters. The SMILES string of the molecule is c1ccc(-c2nc(-n3c4ccccc4c4ccc5c6c(ccc7c6nc(-c6ccccc6)n7-c6ccccc6)c6ccccc6c5c43)nc3ccccc23)cc1. The molecule has 0 saturated carbocycles. The second kappa shape index (κ2) is 11.9. The highest BCUT2D eigenvalue weighted by Gasteiger charge is 2.24. The lowest BCUT2D eigenvalue weighted by atomic mass is 9.92. The zero-order chi connectivity index (χ0) is 36.7. The van der Waals surface area contributed by atoms with Crippen LogP contribution in [0.25, 0.3) is 110 Å². The molecule has 0 aliphatic rings. The van der Waals surface area contributed by atoms with Gasteiger partial charge in [0, 0.05) is 43.7 Å². The van der Waals surface area contributed by atoms with Crippen LogP contribution in [0.1, 0.15) is 0 Å². The molecule has 260 valence electrons. The minimum absolute atomic E-state index is 0.642. The summed E-state index contributed by atoms with van der Waals surface area (Å²) < 4.78 is 4.59. The number of hydrogen-bond donors (Lipinski definition) is 0. The largest absolute Gasteiger partial charge is 0.292 e. The molecule has 0 radical (unpaired) electrons. The molecular weight excluding hydrogens is 683 g/mol. The average Bonchev–Trinajstić information content (AvgIpc) is 3.83. The smallest absolute Gasteiger partial charge is 0.235 e. The van der Waals surface area contributed by atoms with Crippen molar-refractivity contribution in [3.63, 3.8) is 0 Å². The van der Waals surface area contributed by atoms with Gasteiger partial charge in [-0.2, -0.15) is 0 Å². The van der Waals surface area contributed by atoms with Gasteiger partial charge in [0.15, 0.2) is 0 Å².